The van der Waals surface area contributed by atoms with Crippen LogP contribution in [0.4, 0.5) is 15.8 Å². The van der Waals surface area contributed by atoms with Crippen molar-refractivity contribution in [2.45, 2.75) is 0 Å². The molecule has 0 aliphatic rings. The van der Waals surface area contributed by atoms with Gasteiger partial charge in [-0.25, -0.2) is 14.0 Å². The molecule has 0 amide bonds. The minimum atomic E-state index is -1.29. The lowest BCUT2D eigenvalue weighted by atomic mass is 10.0. The minimum absolute atomic E-state index is 0.326. The molecule has 0 radical (unpaired) electrons. The molecule has 0 fully saturated rings. The van der Waals surface area contributed by atoms with Gasteiger partial charge in [-0.05, 0) is 41.0 Å². The van der Waals surface area contributed by atoms with Crippen LogP contribution < -0.4 is 4.90 Å². The van der Waals surface area contributed by atoms with Crippen LogP contribution in [0.2, 0.25) is 0 Å². The van der Waals surface area contributed by atoms with Gasteiger partial charge in [0, 0.05) is 24.7 Å². The van der Waals surface area contributed by atoms with E-state index < -0.39 is 11.8 Å². The summed E-state index contributed by atoms with van der Waals surface area (Å²) >= 11 is 0.864. The molecule has 3 rings (SSSR count). The second-order valence-corrected chi connectivity index (χ2v) is 6.93. The summed E-state index contributed by atoms with van der Waals surface area (Å²) < 4.78 is 13.7. The van der Waals surface area contributed by atoms with Gasteiger partial charge in [0.1, 0.15) is 10.7 Å². The monoisotopic (exact) mass is 366 g/mol. The Hall–Kier alpha value is -3.17. The maximum absolute atomic E-state index is 13.7. The zero-order valence-corrected chi connectivity index (χ0v) is 15.0. The van der Waals surface area contributed by atoms with Gasteiger partial charge in [0.15, 0.2) is 5.69 Å². The SMILES string of the molecule is [C-]#[N+]c1cc(-c2cc(F)c(C(=O)O)s2)ccc1-c1ccc(N(C)C)cc1. The van der Waals surface area contributed by atoms with Gasteiger partial charge in [-0.1, -0.05) is 24.3 Å². The summed E-state index contributed by atoms with van der Waals surface area (Å²) in [7, 11) is 3.92. The Morgan fingerprint density at radius 1 is 1.12 bits per heavy atom. The molecule has 0 saturated heterocycles. The van der Waals surface area contributed by atoms with Crippen molar-refractivity contribution in [3.05, 3.63) is 70.6 Å². The predicted molar refractivity (Wildman–Crippen MR) is 103 cm³/mol. The zero-order valence-electron chi connectivity index (χ0n) is 14.2. The molecule has 0 spiro atoms. The van der Waals surface area contributed by atoms with Gasteiger partial charge in [-0.15, -0.1) is 11.3 Å². The van der Waals surface area contributed by atoms with E-state index in [1.807, 2.05) is 49.3 Å². The molecular formula is C20H15FN2O2S. The maximum atomic E-state index is 13.7. The van der Waals surface area contributed by atoms with E-state index in [2.05, 4.69) is 4.85 Å². The van der Waals surface area contributed by atoms with Crippen molar-refractivity contribution in [1.82, 2.24) is 0 Å². The third-order valence-corrected chi connectivity index (χ3v) is 5.13. The van der Waals surface area contributed by atoms with E-state index in [4.69, 9.17) is 11.7 Å². The van der Waals surface area contributed by atoms with Crippen LogP contribution in [0.15, 0.2) is 48.5 Å². The predicted octanol–water partition coefficient (Wildman–Crippen LogP) is 5.54. The number of aromatic carboxylic acids is 1. The molecule has 1 aromatic heterocycles. The largest absolute Gasteiger partial charge is 0.477 e. The molecular weight excluding hydrogens is 351 g/mol. The van der Waals surface area contributed by atoms with Crippen LogP contribution in [0.3, 0.4) is 0 Å². The average Bonchev–Trinajstić information content (AvgIpc) is 3.03. The van der Waals surface area contributed by atoms with Crippen LogP contribution in [0.25, 0.3) is 26.4 Å². The highest BCUT2D eigenvalue weighted by Gasteiger charge is 2.17. The number of benzene rings is 2. The Kier molecular flexibility index (Phi) is 4.74. The van der Waals surface area contributed by atoms with E-state index in [-0.39, 0.29) is 4.88 Å². The van der Waals surface area contributed by atoms with Crippen molar-refractivity contribution in [2.24, 2.45) is 0 Å². The van der Waals surface area contributed by atoms with E-state index in [9.17, 15) is 9.18 Å². The van der Waals surface area contributed by atoms with Crippen molar-refractivity contribution in [2.75, 3.05) is 19.0 Å². The first kappa shape index (κ1) is 17.6. The number of carbonyl (C=O) groups is 1. The molecule has 0 saturated carbocycles. The fourth-order valence-corrected chi connectivity index (χ4v) is 3.49. The molecule has 2 aromatic carbocycles. The van der Waals surface area contributed by atoms with Crippen molar-refractivity contribution in [1.29, 1.82) is 0 Å². The summed E-state index contributed by atoms with van der Waals surface area (Å²) in [6.07, 6.45) is 0. The normalized spacial score (nSPS) is 10.4. The number of carboxylic acids is 1. The molecule has 6 heteroatoms. The van der Waals surface area contributed by atoms with Crippen LogP contribution in [0.5, 0.6) is 0 Å². The Bertz CT molecular complexity index is 1020. The summed E-state index contributed by atoms with van der Waals surface area (Å²) in [5.41, 5.74) is 3.82. The molecule has 0 atom stereocenters. The number of anilines is 1. The van der Waals surface area contributed by atoms with Gasteiger partial charge in [0.2, 0.25) is 0 Å². The van der Waals surface area contributed by atoms with E-state index in [0.717, 1.165) is 28.2 Å². The quantitative estimate of drug-likeness (QED) is 0.617. The Labute approximate surface area is 154 Å². The van der Waals surface area contributed by atoms with Gasteiger partial charge in [0.25, 0.3) is 0 Å². The summed E-state index contributed by atoms with van der Waals surface area (Å²) in [4.78, 5) is 16.8. The number of hydrogen-bond donors (Lipinski definition) is 1. The summed E-state index contributed by atoms with van der Waals surface area (Å²) in [6, 6.07) is 14.3. The van der Waals surface area contributed by atoms with Crippen molar-refractivity contribution >= 4 is 28.7 Å². The van der Waals surface area contributed by atoms with Crippen LogP contribution >= 0.6 is 11.3 Å². The summed E-state index contributed by atoms with van der Waals surface area (Å²) in [5.74, 6) is -2.05. The van der Waals surface area contributed by atoms with Gasteiger partial charge in [-0.3, -0.25) is 0 Å². The highest BCUT2D eigenvalue weighted by molar-refractivity contribution is 7.17. The molecule has 0 aliphatic heterocycles. The second-order valence-electron chi connectivity index (χ2n) is 5.88. The number of rotatable bonds is 4. The van der Waals surface area contributed by atoms with Crippen molar-refractivity contribution < 1.29 is 14.3 Å². The lowest BCUT2D eigenvalue weighted by Crippen LogP contribution is -2.07. The number of hydrogen-bond acceptors (Lipinski definition) is 3. The number of thiophene rings is 1. The van der Waals surface area contributed by atoms with Crippen LogP contribution in [-0.4, -0.2) is 25.2 Å². The minimum Gasteiger partial charge on any atom is -0.477 e. The number of halogens is 1. The first-order valence-corrected chi connectivity index (χ1v) is 8.54. The molecule has 1 heterocycles. The summed E-state index contributed by atoms with van der Waals surface area (Å²) in [6.45, 7) is 7.47. The molecule has 0 bridgehead atoms. The number of carboxylic acid groups (broad SMARTS) is 1. The topological polar surface area (TPSA) is 44.9 Å². The molecule has 3 aromatic rings. The van der Waals surface area contributed by atoms with Gasteiger partial charge in [0.05, 0.1) is 6.57 Å². The third-order valence-electron chi connectivity index (χ3n) is 3.98. The van der Waals surface area contributed by atoms with Gasteiger partial charge < -0.3 is 10.0 Å². The van der Waals surface area contributed by atoms with Crippen molar-refractivity contribution in [3.63, 3.8) is 0 Å². The smallest absolute Gasteiger partial charge is 0.348 e. The first-order valence-electron chi connectivity index (χ1n) is 7.73. The van der Waals surface area contributed by atoms with E-state index in [1.54, 1.807) is 12.1 Å². The zero-order chi connectivity index (χ0) is 18.8. The highest BCUT2D eigenvalue weighted by atomic mass is 32.1. The van der Waals surface area contributed by atoms with Crippen LogP contribution in [0, 0.1) is 12.4 Å². The molecule has 1 N–H and O–H groups in total. The molecule has 130 valence electrons. The molecule has 0 aliphatic carbocycles. The van der Waals surface area contributed by atoms with E-state index >= 15 is 0 Å². The van der Waals surface area contributed by atoms with E-state index in [1.165, 1.54) is 6.07 Å². The average molecular weight is 366 g/mol. The number of nitrogens with zero attached hydrogens (tertiary/aromatic N) is 2. The van der Waals surface area contributed by atoms with Crippen molar-refractivity contribution in [3.8, 4) is 21.6 Å². The lowest BCUT2D eigenvalue weighted by molar-refractivity contribution is 0.0697. The summed E-state index contributed by atoms with van der Waals surface area (Å²) in [5, 5.41) is 9.00. The molecule has 0 unspecified atom stereocenters. The molecule has 26 heavy (non-hydrogen) atoms. The maximum Gasteiger partial charge on any atom is 0.348 e. The highest BCUT2D eigenvalue weighted by Crippen LogP contribution is 2.38. The van der Waals surface area contributed by atoms with Crippen LogP contribution in [0.1, 0.15) is 9.67 Å². The fraction of sp³-hybridized carbons (Fsp3) is 0.100. The second kappa shape index (κ2) is 6.98. The standard InChI is InChI=1S/C20H15FN2O2S/c1-22-17-10-13(18-11-16(21)19(26-18)20(24)25)6-9-15(17)12-4-7-14(8-5-12)23(2)3/h4-11H,2-3H3,(H,24,25). The van der Waals surface area contributed by atoms with Crippen LogP contribution in [-0.2, 0) is 0 Å². The van der Waals surface area contributed by atoms with Gasteiger partial charge >= 0.3 is 5.97 Å². The Morgan fingerprint density at radius 3 is 2.31 bits per heavy atom. The first-order chi connectivity index (χ1) is 12.4. The fourth-order valence-electron chi connectivity index (χ4n) is 2.62. The molecule has 4 nitrogen and oxygen atoms in total. The Balaban J connectivity index is 2.02. The Morgan fingerprint density at radius 2 is 1.77 bits per heavy atom. The van der Waals surface area contributed by atoms with Gasteiger partial charge in [-0.2, -0.15) is 0 Å². The third kappa shape index (κ3) is 3.30. The van der Waals surface area contributed by atoms with E-state index in [0.29, 0.717) is 16.1 Å². The lowest BCUT2D eigenvalue weighted by Gasteiger charge is -2.13.